The number of carbonyl (C=O) groups excluding carboxylic acids is 1. The molecule has 0 saturated heterocycles. The molecule has 1 aromatic heterocycles. The van der Waals surface area contributed by atoms with Gasteiger partial charge in [-0.15, -0.1) is 0 Å². The highest BCUT2D eigenvalue weighted by atomic mass is 16.1. The summed E-state index contributed by atoms with van der Waals surface area (Å²) >= 11 is 0. The first kappa shape index (κ1) is 15.7. The number of benzene rings is 1. The van der Waals surface area contributed by atoms with E-state index in [0.29, 0.717) is 18.2 Å². The van der Waals surface area contributed by atoms with Crippen LogP contribution in [0, 0.1) is 0 Å². The Balaban J connectivity index is 1.54. The van der Waals surface area contributed by atoms with E-state index < -0.39 is 0 Å². The van der Waals surface area contributed by atoms with E-state index >= 15 is 0 Å². The van der Waals surface area contributed by atoms with Crippen LogP contribution in [-0.2, 0) is 6.54 Å². The van der Waals surface area contributed by atoms with E-state index in [1.54, 1.807) is 6.20 Å². The first-order valence-electron chi connectivity index (χ1n) is 8.29. The second-order valence-electron chi connectivity index (χ2n) is 6.22. The van der Waals surface area contributed by atoms with Crippen LogP contribution in [-0.4, -0.2) is 34.8 Å². The lowest BCUT2D eigenvalue weighted by Gasteiger charge is -2.28. The van der Waals surface area contributed by atoms with E-state index in [4.69, 9.17) is 0 Å². The van der Waals surface area contributed by atoms with Crippen LogP contribution in [0.25, 0.3) is 0 Å². The molecule has 1 aliphatic carbocycles. The lowest BCUT2D eigenvalue weighted by Crippen LogP contribution is -2.41. The highest BCUT2D eigenvalue weighted by Gasteiger charge is 2.22. The third-order valence-corrected chi connectivity index (χ3v) is 4.55. The summed E-state index contributed by atoms with van der Waals surface area (Å²) in [7, 11) is 2.00. The molecule has 1 saturated carbocycles. The van der Waals surface area contributed by atoms with Gasteiger partial charge in [0.25, 0.3) is 5.91 Å². The summed E-state index contributed by atoms with van der Waals surface area (Å²) in [5.41, 5.74) is 1.81. The molecular weight excluding hydrogens is 288 g/mol. The Bertz CT molecular complexity index is 629. The molecule has 0 aliphatic heterocycles. The molecule has 1 fully saturated rings. The molecule has 0 spiro atoms. The summed E-state index contributed by atoms with van der Waals surface area (Å²) in [5.74, 6) is -0.0165. The zero-order valence-corrected chi connectivity index (χ0v) is 13.5. The molecule has 1 aliphatic rings. The normalized spacial score (nSPS) is 21.1. The standard InChI is InChI=1S/C18H24N4O/c1-19-16-7-9-17(10-8-16)21-18(23)15-11-20-22(13-15)12-14-5-3-2-4-6-14/h2-6,11,13,16-17,19H,7-10,12H2,1H3,(H,21,23). The first-order chi connectivity index (χ1) is 11.2. The number of hydrogen-bond acceptors (Lipinski definition) is 3. The van der Waals surface area contributed by atoms with E-state index in [1.165, 1.54) is 5.56 Å². The maximum Gasteiger partial charge on any atom is 0.254 e. The molecule has 5 nitrogen and oxygen atoms in total. The summed E-state index contributed by atoms with van der Waals surface area (Å²) in [4.78, 5) is 12.3. The largest absolute Gasteiger partial charge is 0.349 e. The Morgan fingerprint density at radius 2 is 1.87 bits per heavy atom. The zero-order chi connectivity index (χ0) is 16.1. The smallest absolute Gasteiger partial charge is 0.254 e. The van der Waals surface area contributed by atoms with E-state index in [-0.39, 0.29) is 11.9 Å². The van der Waals surface area contributed by atoms with Crippen molar-refractivity contribution in [2.45, 2.75) is 44.3 Å². The number of aromatic nitrogens is 2. The average molecular weight is 312 g/mol. The van der Waals surface area contributed by atoms with Crippen molar-refractivity contribution in [1.82, 2.24) is 20.4 Å². The molecule has 0 bridgehead atoms. The minimum atomic E-state index is -0.0165. The molecule has 1 amide bonds. The van der Waals surface area contributed by atoms with Crippen molar-refractivity contribution in [3.05, 3.63) is 53.9 Å². The third kappa shape index (κ3) is 4.20. The molecule has 2 N–H and O–H groups in total. The maximum absolute atomic E-state index is 12.3. The van der Waals surface area contributed by atoms with E-state index in [0.717, 1.165) is 25.7 Å². The Labute approximate surface area is 137 Å². The van der Waals surface area contributed by atoms with Gasteiger partial charge in [-0.25, -0.2) is 0 Å². The molecule has 0 radical (unpaired) electrons. The third-order valence-electron chi connectivity index (χ3n) is 4.55. The van der Waals surface area contributed by atoms with Crippen molar-refractivity contribution >= 4 is 5.91 Å². The van der Waals surface area contributed by atoms with Crippen molar-refractivity contribution in [2.24, 2.45) is 0 Å². The van der Waals surface area contributed by atoms with Crippen LogP contribution in [0.1, 0.15) is 41.6 Å². The molecule has 23 heavy (non-hydrogen) atoms. The van der Waals surface area contributed by atoms with Crippen molar-refractivity contribution in [3.63, 3.8) is 0 Å². The molecule has 3 rings (SSSR count). The average Bonchev–Trinajstić information content (AvgIpc) is 3.05. The highest BCUT2D eigenvalue weighted by molar-refractivity contribution is 5.93. The van der Waals surface area contributed by atoms with Crippen LogP contribution >= 0.6 is 0 Å². The molecule has 1 aromatic carbocycles. The van der Waals surface area contributed by atoms with E-state index in [1.807, 2.05) is 36.1 Å². The summed E-state index contributed by atoms with van der Waals surface area (Å²) in [6.45, 7) is 0.682. The van der Waals surface area contributed by atoms with Gasteiger partial charge in [0.1, 0.15) is 0 Å². The minimum absolute atomic E-state index is 0.0165. The van der Waals surface area contributed by atoms with Gasteiger partial charge in [0.15, 0.2) is 0 Å². The van der Waals surface area contributed by atoms with Gasteiger partial charge >= 0.3 is 0 Å². The maximum atomic E-state index is 12.3. The number of carbonyl (C=O) groups is 1. The Morgan fingerprint density at radius 3 is 2.57 bits per heavy atom. The van der Waals surface area contributed by atoms with Gasteiger partial charge in [-0.2, -0.15) is 5.10 Å². The quantitative estimate of drug-likeness (QED) is 0.890. The van der Waals surface area contributed by atoms with Crippen molar-refractivity contribution in [1.29, 1.82) is 0 Å². The van der Waals surface area contributed by atoms with Crippen molar-refractivity contribution in [2.75, 3.05) is 7.05 Å². The number of nitrogens with one attached hydrogen (secondary N) is 2. The lowest BCUT2D eigenvalue weighted by molar-refractivity contribution is 0.0924. The van der Waals surface area contributed by atoms with Crippen molar-refractivity contribution in [3.8, 4) is 0 Å². The summed E-state index contributed by atoms with van der Waals surface area (Å²) in [5, 5.41) is 10.7. The number of nitrogens with zero attached hydrogens (tertiary/aromatic N) is 2. The van der Waals surface area contributed by atoms with Crippen LogP contribution in [0.3, 0.4) is 0 Å². The van der Waals surface area contributed by atoms with Gasteiger partial charge in [0.2, 0.25) is 0 Å². The van der Waals surface area contributed by atoms with Gasteiger partial charge in [0, 0.05) is 18.3 Å². The number of hydrogen-bond donors (Lipinski definition) is 2. The molecular formula is C18H24N4O. The zero-order valence-electron chi connectivity index (χ0n) is 13.5. The Hall–Kier alpha value is -2.14. The lowest BCUT2D eigenvalue weighted by atomic mass is 9.91. The predicted molar refractivity (Wildman–Crippen MR) is 90.3 cm³/mol. The van der Waals surface area contributed by atoms with E-state index in [2.05, 4.69) is 27.9 Å². The summed E-state index contributed by atoms with van der Waals surface area (Å²) in [6.07, 6.45) is 7.79. The van der Waals surface area contributed by atoms with Gasteiger partial charge < -0.3 is 10.6 Å². The molecule has 0 atom stereocenters. The van der Waals surface area contributed by atoms with Gasteiger partial charge in [-0.3, -0.25) is 9.48 Å². The minimum Gasteiger partial charge on any atom is -0.349 e. The van der Waals surface area contributed by atoms with Crippen LogP contribution in [0.2, 0.25) is 0 Å². The molecule has 2 aromatic rings. The Morgan fingerprint density at radius 1 is 1.17 bits per heavy atom. The summed E-state index contributed by atoms with van der Waals surface area (Å²) in [6, 6.07) is 11.0. The summed E-state index contributed by atoms with van der Waals surface area (Å²) < 4.78 is 1.81. The van der Waals surface area contributed by atoms with Crippen LogP contribution < -0.4 is 10.6 Å². The topological polar surface area (TPSA) is 58.9 Å². The fraction of sp³-hybridized carbons (Fsp3) is 0.444. The molecule has 122 valence electrons. The van der Waals surface area contributed by atoms with Crippen LogP contribution in [0.5, 0.6) is 0 Å². The fourth-order valence-corrected chi connectivity index (χ4v) is 3.13. The molecule has 0 unspecified atom stereocenters. The second kappa shape index (κ2) is 7.42. The van der Waals surface area contributed by atoms with Crippen molar-refractivity contribution < 1.29 is 4.79 Å². The van der Waals surface area contributed by atoms with Crippen LogP contribution in [0.15, 0.2) is 42.7 Å². The van der Waals surface area contributed by atoms with Crippen LogP contribution in [0.4, 0.5) is 0 Å². The van der Waals surface area contributed by atoms with Gasteiger partial charge in [-0.05, 0) is 38.3 Å². The predicted octanol–water partition coefficient (Wildman–Crippen LogP) is 2.19. The fourth-order valence-electron chi connectivity index (χ4n) is 3.13. The van der Waals surface area contributed by atoms with Gasteiger partial charge in [-0.1, -0.05) is 30.3 Å². The second-order valence-corrected chi connectivity index (χ2v) is 6.22. The molecule has 1 heterocycles. The SMILES string of the molecule is CNC1CCC(NC(=O)c2cnn(Cc3ccccc3)c2)CC1. The highest BCUT2D eigenvalue weighted by Crippen LogP contribution is 2.18. The van der Waals surface area contributed by atoms with E-state index in [9.17, 15) is 4.79 Å². The number of rotatable bonds is 5. The number of amides is 1. The molecule has 5 heteroatoms. The Kier molecular flexibility index (Phi) is 5.08. The first-order valence-corrected chi connectivity index (χ1v) is 8.29. The van der Waals surface area contributed by atoms with Gasteiger partial charge in [0.05, 0.1) is 18.3 Å². The monoisotopic (exact) mass is 312 g/mol.